The lowest BCUT2D eigenvalue weighted by atomic mass is 9.82. The first-order valence-corrected chi connectivity index (χ1v) is 7.53. The smallest absolute Gasteiger partial charge is 0.0399 e. The van der Waals surface area contributed by atoms with E-state index in [1.165, 1.54) is 24.2 Å². The lowest BCUT2D eigenvalue weighted by Gasteiger charge is -2.33. The highest BCUT2D eigenvalue weighted by molar-refractivity contribution is 9.09. The van der Waals surface area contributed by atoms with Crippen LogP contribution in [-0.2, 0) is 6.42 Å². The standard InChI is InChI=1S/C15H22BrN/c1-15(2,3)13(10-16)11-17-9-8-12-6-4-5-7-14(12)17/h4-7,13H,8-11H2,1-3H3. The topological polar surface area (TPSA) is 3.24 Å². The number of rotatable bonds is 3. The van der Waals surface area contributed by atoms with Crippen molar-refractivity contribution in [1.82, 2.24) is 0 Å². The van der Waals surface area contributed by atoms with Gasteiger partial charge in [-0.2, -0.15) is 0 Å². The fourth-order valence-corrected chi connectivity index (χ4v) is 3.59. The molecule has 1 heterocycles. The molecule has 0 aromatic heterocycles. The molecule has 2 heteroatoms. The maximum atomic E-state index is 3.67. The number of halogens is 1. The summed E-state index contributed by atoms with van der Waals surface area (Å²) in [5.41, 5.74) is 3.32. The lowest BCUT2D eigenvalue weighted by molar-refractivity contribution is 0.271. The number of hydrogen-bond acceptors (Lipinski definition) is 1. The van der Waals surface area contributed by atoms with Crippen LogP contribution in [0.25, 0.3) is 0 Å². The minimum atomic E-state index is 0.362. The van der Waals surface area contributed by atoms with Crippen molar-refractivity contribution in [3.05, 3.63) is 29.8 Å². The Balaban J connectivity index is 2.11. The highest BCUT2D eigenvalue weighted by Gasteiger charge is 2.28. The molecule has 0 N–H and O–H groups in total. The van der Waals surface area contributed by atoms with Crippen molar-refractivity contribution < 1.29 is 0 Å². The summed E-state index contributed by atoms with van der Waals surface area (Å²) in [5, 5.41) is 1.08. The molecule has 1 aliphatic rings. The quantitative estimate of drug-likeness (QED) is 0.759. The second kappa shape index (κ2) is 5.01. The molecule has 0 spiro atoms. The minimum Gasteiger partial charge on any atom is -0.371 e. The maximum absolute atomic E-state index is 3.67. The highest BCUT2D eigenvalue weighted by Crippen LogP contribution is 2.33. The van der Waals surface area contributed by atoms with Crippen molar-refractivity contribution in [1.29, 1.82) is 0 Å². The molecule has 2 rings (SSSR count). The van der Waals surface area contributed by atoms with Gasteiger partial charge in [0, 0.05) is 24.1 Å². The molecule has 0 aliphatic carbocycles. The minimum absolute atomic E-state index is 0.362. The Morgan fingerprint density at radius 3 is 2.65 bits per heavy atom. The van der Waals surface area contributed by atoms with Crippen molar-refractivity contribution >= 4 is 21.6 Å². The van der Waals surface area contributed by atoms with Gasteiger partial charge >= 0.3 is 0 Å². The SMILES string of the molecule is CC(C)(C)C(CBr)CN1CCc2ccccc21. The van der Waals surface area contributed by atoms with Gasteiger partial charge in [-0.25, -0.2) is 0 Å². The first-order valence-electron chi connectivity index (χ1n) is 6.41. The molecule has 1 nitrogen and oxygen atoms in total. The van der Waals surface area contributed by atoms with Crippen molar-refractivity contribution in [2.75, 3.05) is 23.3 Å². The molecule has 0 saturated heterocycles. The molecular formula is C15H22BrN. The van der Waals surface area contributed by atoms with Gasteiger partial charge in [0.2, 0.25) is 0 Å². The Morgan fingerprint density at radius 1 is 1.29 bits per heavy atom. The van der Waals surface area contributed by atoms with E-state index in [1.54, 1.807) is 0 Å². The molecule has 94 valence electrons. The van der Waals surface area contributed by atoms with Gasteiger partial charge in [0.25, 0.3) is 0 Å². The molecule has 17 heavy (non-hydrogen) atoms. The normalized spacial score (nSPS) is 17.1. The van der Waals surface area contributed by atoms with Gasteiger partial charge < -0.3 is 4.90 Å². The Bertz CT molecular complexity index is 381. The van der Waals surface area contributed by atoms with Crippen LogP contribution in [0.15, 0.2) is 24.3 Å². The van der Waals surface area contributed by atoms with Gasteiger partial charge in [-0.3, -0.25) is 0 Å². The molecule has 0 fully saturated rings. The van der Waals surface area contributed by atoms with Crippen LogP contribution in [-0.4, -0.2) is 18.4 Å². The predicted octanol–water partition coefficient (Wildman–Crippen LogP) is 4.11. The van der Waals surface area contributed by atoms with Crippen molar-refractivity contribution in [2.45, 2.75) is 27.2 Å². The van der Waals surface area contributed by atoms with E-state index in [2.05, 4.69) is 65.9 Å². The first kappa shape index (κ1) is 12.9. The van der Waals surface area contributed by atoms with Gasteiger partial charge in [0.15, 0.2) is 0 Å². The van der Waals surface area contributed by atoms with Crippen LogP contribution in [0.5, 0.6) is 0 Å². The molecular weight excluding hydrogens is 274 g/mol. The Hall–Kier alpha value is -0.500. The van der Waals surface area contributed by atoms with E-state index in [0.717, 1.165) is 11.9 Å². The molecule has 1 aromatic carbocycles. The van der Waals surface area contributed by atoms with Crippen LogP contribution >= 0.6 is 15.9 Å². The predicted molar refractivity (Wildman–Crippen MR) is 79.1 cm³/mol. The molecule has 1 atom stereocenters. The Labute approximate surface area is 113 Å². The van der Waals surface area contributed by atoms with Crippen LogP contribution in [0.3, 0.4) is 0 Å². The zero-order valence-corrected chi connectivity index (χ0v) is 12.6. The monoisotopic (exact) mass is 295 g/mol. The van der Waals surface area contributed by atoms with Gasteiger partial charge in [0.05, 0.1) is 0 Å². The summed E-state index contributed by atoms with van der Waals surface area (Å²) in [7, 11) is 0. The van der Waals surface area contributed by atoms with Crippen LogP contribution in [0.2, 0.25) is 0 Å². The number of hydrogen-bond donors (Lipinski definition) is 0. The summed E-state index contributed by atoms with van der Waals surface area (Å²) in [4.78, 5) is 2.55. The van der Waals surface area contributed by atoms with E-state index in [0.29, 0.717) is 11.3 Å². The largest absolute Gasteiger partial charge is 0.371 e. The van der Waals surface area contributed by atoms with E-state index in [-0.39, 0.29) is 0 Å². The molecule has 0 saturated carbocycles. The first-order chi connectivity index (χ1) is 8.02. The third-order valence-electron chi connectivity index (χ3n) is 3.84. The fourth-order valence-electron chi connectivity index (χ4n) is 2.42. The number of nitrogens with zero attached hydrogens (tertiary/aromatic N) is 1. The van der Waals surface area contributed by atoms with E-state index >= 15 is 0 Å². The van der Waals surface area contributed by atoms with Crippen LogP contribution in [0, 0.1) is 11.3 Å². The van der Waals surface area contributed by atoms with Crippen LogP contribution in [0.1, 0.15) is 26.3 Å². The second-order valence-electron chi connectivity index (χ2n) is 6.04. The average Bonchev–Trinajstić information content (AvgIpc) is 2.67. The van der Waals surface area contributed by atoms with E-state index in [1.807, 2.05) is 0 Å². The maximum Gasteiger partial charge on any atom is 0.0399 e. The molecule has 0 bridgehead atoms. The summed E-state index contributed by atoms with van der Waals surface area (Å²) in [6, 6.07) is 8.82. The fraction of sp³-hybridized carbons (Fsp3) is 0.600. The Morgan fingerprint density at radius 2 is 2.00 bits per heavy atom. The van der Waals surface area contributed by atoms with Gasteiger partial charge in [-0.15, -0.1) is 0 Å². The summed E-state index contributed by atoms with van der Waals surface area (Å²) < 4.78 is 0. The summed E-state index contributed by atoms with van der Waals surface area (Å²) in [6.07, 6.45) is 1.20. The van der Waals surface area contributed by atoms with Crippen molar-refractivity contribution in [3.8, 4) is 0 Å². The van der Waals surface area contributed by atoms with Gasteiger partial charge in [-0.05, 0) is 29.4 Å². The molecule has 1 unspecified atom stereocenters. The summed E-state index contributed by atoms with van der Waals surface area (Å²) in [6.45, 7) is 9.34. The van der Waals surface area contributed by atoms with E-state index in [9.17, 15) is 0 Å². The van der Waals surface area contributed by atoms with E-state index in [4.69, 9.17) is 0 Å². The number of benzene rings is 1. The highest BCUT2D eigenvalue weighted by atomic mass is 79.9. The zero-order chi connectivity index (χ0) is 12.5. The van der Waals surface area contributed by atoms with Crippen molar-refractivity contribution in [3.63, 3.8) is 0 Å². The van der Waals surface area contributed by atoms with Crippen molar-refractivity contribution in [2.24, 2.45) is 11.3 Å². The number of fused-ring (bicyclic) bond motifs is 1. The van der Waals surface area contributed by atoms with Gasteiger partial charge in [0.1, 0.15) is 0 Å². The summed E-state index contributed by atoms with van der Waals surface area (Å²) >= 11 is 3.67. The van der Waals surface area contributed by atoms with Crippen LogP contribution < -0.4 is 4.90 Å². The lowest BCUT2D eigenvalue weighted by Crippen LogP contribution is -2.35. The second-order valence-corrected chi connectivity index (χ2v) is 6.69. The van der Waals surface area contributed by atoms with E-state index < -0.39 is 0 Å². The molecule has 0 radical (unpaired) electrons. The number of anilines is 1. The van der Waals surface area contributed by atoms with Crippen LogP contribution in [0.4, 0.5) is 5.69 Å². The number of alkyl halides is 1. The zero-order valence-electron chi connectivity index (χ0n) is 11.0. The summed E-state index contributed by atoms with van der Waals surface area (Å²) in [5.74, 6) is 0.689. The third kappa shape index (κ3) is 2.85. The third-order valence-corrected chi connectivity index (χ3v) is 4.62. The Kier molecular flexibility index (Phi) is 3.82. The van der Waals surface area contributed by atoms with Gasteiger partial charge in [-0.1, -0.05) is 54.9 Å². The number of para-hydroxylation sites is 1. The molecule has 1 aromatic rings. The molecule has 0 amide bonds. The average molecular weight is 296 g/mol. The molecule has 1 aliphatic heterocycles.